The van der Waals surface area contributed by atoms with Crippen LogP contribution in [0.15, 0.2) is 42.7 Å². The molecule has 1 heterocycles. The molecule has 3 nitrogen and oxygen atoms in total. The summed E-state index contributed by atoms with van der Waals surface area (Å²) in [6.45, 7) is 2.92. The summed E-state index contributed by atoms with van der Waals surface area (Å²) in [7, 11) is 0. The summed E-state index contributed by atoms with van der Waals surface area (Å²) in [6.07, 6.45) is 4.40. The van der Waals surface area contributed by atoms with E-state index in [1.165, 1.54) is 11.1 Å². The van der Waals surface area contributed by atoms with Crippen molar-refractivity contribution in [2.75, 3.05) is 11.9 Å². The lowest BCUT2D eigenvalue weighted by molar-refractivity contribution is 1.01. The number of benzene rings is 1. The summed E-state index contributed by atoms with van der Waals surface area (Å²) in [5.74, 6) is 0. The van der Waals surface area contributed by atoms with Crippen LogP contribution in [0.25, 0.3) is 0 Å². The molecule has 19 heavy (non-hydrogen) atoms. The van der Waals surface area contributed by atoms with Crippen LogP contribution in [0.2, 0.25) is 0 Å². The summed E-state index contributed by atoms with van der Waals surface area (Å²) >= 11 is 5.02. The van der Waals surface area contributed by atoms with Gasteiger partial charge < -0.3 is 11.1 Å². The smallest absolute Gasteiger partial charge is 0.106 e. The first-order chi connectivity index (χ1) is 9.16. The van der Waals surface area contributed by atoms with E-state index in [1.807, 2.05) is 6.07 Å². The zero-order chi connectivity index (χ0) is 13.7. The lowest BCUT2D eigenvalue weighted by Gasteiger charge is -2.10. The number of aromatic nitrogens is 1. The van der Waals surface area contributed by atoms with Gasteiger partial charge in [0.2, 0.25) is 0 Å². The molecule has 4 heteroatoms. The second-order valence-corrected chi connectivity index (χ2v) is 4.89. The maximum absolute atomic E-state index is 5.68. The topological polar surface area (TPSA) is 50.9 Å². The Kier molecular flexibility index (Phi) is 4.47. The number of hydrogen-bond donors (Lipinski definition) is 2. The van der Waals surface area contributed by atoms with Crippen molar-refractivity contribution in [1.82, 2.24) is 4.98 Å². The Morgan fingerprint density at radius 1 is 1.37 bits per heavy atom. The maximum Gasteiger partial charge on any atom is 0.106 e. The third-order valence-electron chi connectivity index (χ3n) is 2.90. The van der Waals surface area contributed by atoms with Gasteiger partial charge in [0, 0.05) is 18.3 Å². The molecule has 0 spiro atoms. The van der Waals surface area contributed by atoms with E-state index in [0.717, 1.165) is 24.2 Å². The number of aryl methyl sites for hydroxylation is 1. The molecule has 3 N–H and O–H groups in total. The Morgan fingerprint density at radius 2 is 2.21 bits per heavy atom. The SMILES string of the molecule is Cc1cccc(CCNc2cnccc2C(N)=S)c1. The minimum atomic E-state index is 0.389. The van der Waals surface area contributed by atoms with Crippen LogP contribution in [0.4, 0.5) is 5.69 Å². The molecule has 0 amide bonds. The van der Waals surface area contributed by atoms with Crippen molar-refractivity contribution in [3.05, 3.63) is 59.4 Å². The van der Waals surface area contributed by atoms with Gasteiger partial charge in [-0.05, 0) is 25.0 Å². The minimum absolute atomic E-state index is 0.389. The second-order valence-electron chi connectivity index (χ2n) is 4.45. The zero-order valence-corrected chi connectivity index (χ0v) is 11.7. The molecule has 2 aromatic rings. The number of rotatable bonds is 5. The molecule has 2 rings (SSSR count). The third kappa shape index (κ3) is 3.76. The van der Waals surface area contributed by atoms with E-state index in [4.69, 9.17) is 18.0 Å². The minimum Gasteiger partial charge on any atom is -0.389 e. The van der Waals surface area contributed by atoms with Gasteiger partial charge in [-0.1, -0.05) is 42.0 Å². The molecule has 0 saturated carbocycles. The summed E-state index contributed by atoms with van der Waals surface area (Å²) in [5.41, 5.74) is 10.0. The van der Waals surface area contributed by atoms with E-state index < -0.39 is 0 Å². The largest absolute Gasteiger partial charge is 0.389 e. The first-order valence-electron chi connectivity index (χ1n) is 6.20. The van der Waals surface area contributed by atoms with Crippen molar-refractivity contribution in [2.45, 2.75) is 13.3 Å². The number of anilines is 1. The molecular weight excluding hydrogens is 254 g/mol. The first-order valence-corrected chi connectivity index (χ1v) is 6.61. The summed E-state index contributed by atoms with van der Waals surface area (Å²) in [5, 5.41) is 3.33. The van der Waals surface area contributed by atoms with Gasteiger partial charge in [-0.25, -0.2) is 0 Å². The lowest BCUT2D eigenvalue weighted by atomic mass is 10.1. The Balaban J connectivity index is 1.98. The molecule has 0 aliphatic rings. The van der Waals surface area contributed by atoms with Crippen molar-refractivity contribution in [3.63, 3.8) is 0 Å². The molecular formula is C15H17N3S. The number of hydrogen-bond acceptors (Lipinski definition) is 3. The molecule has 98 valence electrons. The first kappa shape index (κ1) is 13.5. The van der Waals surface area contributed by atoms with Crippen LogP contribution >= 0.6 is 12.2 Å². The Bertz CT molecular complexity index is 581. The van der Waals surface area contributed by atoms with Gasteiger partial charge in [0.05, 0.1) is 11.9 Å². The van der Waals surface area contributed by atoms with Crippen molar-refractivity contribution < 1.29 is 0 Å². The molecule has 1 aromatic heterocycles. The molecule has 0 aliphatic carbocycles. The summed E-state index contributed by atoms with van der Waals surface area (Å²) < 4.78 is 0. The maximum atomic E-state index is 5.68. The van der Waals surface area contributed by atoms with Crippen molar-refractivity contribution >= 4 is 22.9 Å². The summed E-state index contributed by atoms with van der Waals surface area (Å²) in [6, 6.07) is 10.3. The van der Waals surface area contributed by atoms with Crippen molar-refractivity contribution in [2.24, 2.45) is 5.73 Å². The van der Waals surface area contributed by atoms with Gasteiger partial charge in [0.15, 0.2) is 0 Å². The molecule has 1 aromatic carbocycles. The number of thiocarbonyl (C=S) groups is 1. The standard InChI is InChI=1S/C15H17N3S/c1-11-3-2-4-12(9-11)5-8-18-14-10-17-7-6-13(14)15(16)19/h2-4,6-7,9-10,18H,5,8H2,1H3,(H2,16,19). The third-order valence-corrected chi connectivity index (χ3v) is 3.12. The number of nitrogens with two attached hydrogens (primary N) is 1. The predicted octanol–water partition coefficient (Wildman–Crippen LogP) is 2.68. The van der Waals surface area contributed by atoms with E-state index in [1.54, 1.807) is 12.4 Å². The molecule has 0 atom stereocenters. The van der Waals surface area contributed by atoms with E-state index in [0.29, 0.717) is 4.99 Å². The fourth-order valence-electron chi connectivity index (χ4n) is 1.96. The van der Waals surface area contributed by atoms with E-state index in [9.17, 15) is 0 Å². The molecule has 0 saturated heterocycles. The Hall–Kier alpha value is -1.94. The van der Waals surface area contributed by atoms with Gasteiger partial charge in [-0.15, -0.1) is 0 Å². The van der Waals surface area contributed by atoms with E-state index in [2.05, 4.69) is 41.5 Å². The van der Waals surface area contributed by atoms with Gasteiger partial charge >= 0.3 is 0 Å². The van der Waals surface area contributed by atoms with Gasteiger partial charge in [-0.2, -0.15) is 0 Å². The predicted molar refractivity (Wildman–Crippen MR) is 83.5 cm³/mol. The fourth-order valence-corrected chi connectivity index (χ4v) is 2.14. The molecule has 0 unspecified atom stereocenters. The van der Waals surface area contributed by atoms with Crippen LogP contribution in [-0.4, -0.2) is 16.5 Å². The highest BCUT2D eigenvalue weighted by Crippen LogP contribution is 2.13. The highest BCUT2D eigenvalue weighted by atomic mass is 32.1. The molecule has 0 fully saturated rings. The van der Waals surface area contributed by atoms with Crippen molar-refractivity contribution in [3.8, 4) is 0 Å². The average molecular weight is 271 g/mol. The van der Waals surface area contributed by atoms with Crippen LogP contribution in [0, 0.1) is 6.92 Å². The van der Waals surface area contributed by atoms with Gasteiger partial charge in [0.1, 0.15) is 4.99 Å². The molecule has 0 bridgehead atoms. The van der Waals surface area contributed by atoms with Crippen LogP contribution in [0.1, 0.15) is 16.7 Å². The highest BCUT2D eigenvalue weighted by Gasteiger charge is 2.04. The zero-order valence-electron chi connectivity index (χ0n) is 10.9. The van der Waals surface area contributed by atoms with Crippen LogP contribution in [-0.2, 0) is 6.42 Å². The summed E-state index contributed by atoms with van der Waals surface area (Å²) in [4.78, 5) is 4.48. The van der Waals surface area contributed by atoms with Crippen molar-refractivity contribution in [1.29, 1.82) is 0 Å². The molecule has 0 aliphatic heterocycles. The van der Waals surface area contributed by atoms with Crippen LogP contribution in [0.3, 0.4) is 0 Å². The van der Waals surface area contributed by atoms with Gasteiger partial charge in [0.25, 0.3) is 0 Å². The molecule has 0 radical (unpaired) electrons. The quantitative estimate of drug-likeness (QED) is 0.821. The van der Waals surface area contributed by atoms with E-state index >= 15 is 0 Å². The number of nitrogens with zero attached hydrogens (tertiary/aromatic N) is 1. The monoisotopic (exact) mass is 271 g/mol. The average Bonchev–Trinajstić information content (AvgIpc) is 2.39. The van der Waals surface area contributed by atoms with E-state index in [-0.39, 0.29) is 0 Å². The second kappa shape index (κ2) is 6.29. The fraction of sp³-hybridized carbons (Fsp3) is 0.200. The highest BCUT2D eigenvalue weighted by molar-refractivity contribution is 7.80. The Morgan fingerprint density at radius 3 is 2.95 bits per heavy atom. The normalized spacial score (nSPS) is 10.2. The Labute approximate surface area is 118 Å². The number of nitrogens with one attached hydrogen (secondary N) is 1. The van der Waals surface area contributed by atoms with Gasteiger partial charge in [-0.3, -0.25) is 4.98 Å². The van der Waals surface area contributed by atoms with Crippen LogP contribution in [0.5, 0.6) is 0 Å². The van der Waals surface area contributed by atoms with Crippen LogP contribution < -0.4 is 11.1 Å². The number of pyridine rings is 1. The lowest BCUT2D eigenvalue weighted by Crippen LogP contribution is -2.14.